The van der Waals surface area contributed by atoms with Gasteiger partial charge in [-0.15, -0.1) is 0 Å². The molecule has 0 unspecified atom stereocenters. The number of aromatic nitrogens is 3. The normalized spacial score (nSPS) is 11.0. The van der Waals surface area contributed by atoms with Crippen LogP contribution in [0.1, 0.15) is 34.1 Å². The molecule has 0 aliphatic rings. The molecule has 2 aromatic heterocycles. The second kappa shape index (κ2) is 9.56. The predicted octanol–water partition coefficient (Wildman–Crippen LogP) is 3.60. The number of esters is 2. The maximum absolute atomic E-state index is 12.6. The molecule has 0 saturated carbocycles. The van der Waals surface area contributed by atoms with Crippen LogP contribution in [0.15, 0.2) is 48.5 Å². The van der Waals surface area contributed by atoms with Gasteiger partial charge in [0.1, 0.15) is 22.6 Å². The molecule has 0 fully saturated rings. The van der Waals surface area contributed by atoms with Gasteiger partial charge in [-0.25, -0.2) is 19.6 Å². The summed E-state index contributed by atoms with van der Waals surface area (Å²) < 4.78 is 17.4. The van der Waals surface area contributed by atoms with Crippen LogP contribution in [0.4, 0.5) is 5.82 Å². The number of ether oxygens (including phenoxy) is 3. The minimum absolute atomic E-state index is 0.166. The van der Waals surface area contributed by atoms with E-state index in [0.717, 1.165) is 0 Å². The Balaban J connectivity index is 1.55. The summed E-state index contributed by atoms with van der Waals surface area (Å²) in [4.78, 5) is 34.1. The third-order valence-electron chi connectivity index (χ3n) is 5.16. The summed E-state index contributed by atoms with van der Waals surface area (Å²) in [5.74, 6) is -0.0944. The van der Waals surface area contributed by atoms with Crippen LogP contribution in [-0.4, -0.2) is 46.8 Å². The number of para-hydroxylation sites is 2. The van der Waals surface area contributed by atoms with Crippen LogP contribution in [0.2, 0.25) is 0 Å². The number of hydrogen-bond acceptors (Lipinski definition) is 8. The second-order valence-electron chi connectivity index (χ2n) is 7.23. The highest BCUT2D eigenvalue weighted by molar-refractivity contribution is 6.08. The van der Waals surface area contributed by atoms with Crippen molar-refractivity contribution in [1.29, 1.82) is 0 Å². The van der Waals surface area contributed by atoms with Gasteiger partial charge in [0.15, 0.2) is 5.65 Å². The van der Waals surface area contributed by atoms with Gasteiger partial charge < -0.3 is 24.5 Å². The highest BCUT2D eigenvalue weighted by Gasteiger charge is 2.24. The highest BCUT2D eigenvalue weighted by atomic mass is 16.5. The predicted molar refractivity (Wildman–Crippen MR) is 123 cm³/mol. The Kier molecular flexibility index (Phi) is 6.39. The molecule has 170 valence electrons. The number of fused-ring (bicyclic) bond motifs is 2. The van der Waals surface area contributed by atoms with Crippen LogP contribution >= 0.6 is 0 Å². The number of methoxy groups -OCH3 is 1. The van der Waals surface area contributed by atoms with E-state index in [1.165, 1.54) is 0 Å². The topological polar surface area (TPSA) is 119 Å². The molecule has 0 saturated heterocycles. The largest absolute Gasteiger partial charge is 0.497 e. The maximum atomic E-state index is 12.6. The van der Waals surface area contributed by atoms with Crippen LogP contribution in [0, 0.1) is 0 Å². The number of nitrogens with zero attached hydrogens (tertiary/aromatic N) is 3. The SMILES string of the molecule is CCOC(=O)c1c(N)n(CCCOC(=O)c2ccc(OC)cc2)c2nc3ccccc3nc12. The zero-order valence-electron chi connectivity index (χ0n) is 18.4. The number of aryl methyl sites for hydroxylation is 1. The monoisotopic (exact) mass is 448 g/mol. The summed E-state index contributed by atoms with van der Waals surface area (Å²) in [5.41, 5.74) is 9.17. The lowest BCUT2D eigenvalue weighted by Gasteiger charge is -2.09. The number of rotatable bonds is 8. The Morgan fingerprint density at radius 2 is 1.67 bits per heavy atom. The molecule has 0 aliphatic heterocycles. The number of nitrogen functional groups attached to an aromatic ring is 1. The number of carbonyl (C=O) groups is 2. The molecule has 2 N–H and O–H groups in total. The van der Waals surface area contributed by atoms with Crippen LogP contribution in [-0.2, 0) is 16.0 Å². The number of benzene rings is 2. The average Bonchev–Trinajstić information content (AvgIpc) is 3.10. The van der Waals surface area contributed by atoms with Crippen LogP contribution in [0.5, 0.6) is 5.75 Å². The molecule has 0 atom stereocenters. The fraction of sp³-hybridized carbons (Fsp3) is 0.250. The first-order valence-electron chi connectivity index (χ1n) is 10.6. The molecule has 33 heavy (non-hydrogen) atoms. The van der Waals surface area contributed by atoms with Crippen molar-refractivity contribution in [3.05, 3.63) is 59.7 Å². The first kappa shape index (κ1) is 22.1. The Labute approximate surface area is 190 Å². The highest BCUT2D eigenvalue weighted by Crippen LogP contribution is 2.28. The van der Waals surface area contributed by atoms with Gasteiger partial charge in [-0.2, -0.15) is 0 Å². The fourth-order valence-corrected chi connectivity index (χ4v) is 3.55. The maximum Gasteiger partial charge on any atom is 0.344 e. The summed E-state index contributed by atoms with van der Waals surface area (Å²) in [6.45, 7) is 2.49. The standard InChI is InChI=1S/C24H24N4O5/c1-3-32-24(30)19-20-22(27-18-8-5-4-7-17(18)26-20)28(21(19)25)13-6-14-33-23(29)15-9-11-16(31-2)12-10-15/h4-5,7-12H,3,6,13-14,25H2,1-2H3. The number of anilines is 1. The molecule has 4 aromatic rings. The average molecular weight is 448 g/mol. The van der Waals surface area contributed by atoms with Gasteiger partial charge in [0.25, 0.3) is 0 Å². The third-order valence-corrected chi connectivity index (χ3v) is 5.16. The molecule has 0 aliphatic carbocycles. The van der Waals surface area contributed by atoms with Crippen molar-refractivity contribution in [3.8, 4) is 5.75 Å². The Hall–Kier alpha value is -4.14. The van der Waals surface area contributed by atoms with Crippen molar-refractivity contribution < 1.29 is 23.8 Å². The van der Waals surface area contributed by atoms with E-state index in [1.807, 2.05) is 24.3 Å². The second-order valence-corrected chi connectivity index (χ2v) is 7.23. The van der Waals surface area contributed by atoms with Crippen molar-refractivity contribution in [1.82, 2.24) is 14.5 Å². The van der Waals surface area contributed by atoms with Crippen molar-refractivity contribution >= 4 is 40.0 Å². The lowest BCUT2D eigenvalue weighted by atomic mass is 10.2. The fourth-order valence-electron chi connectivity index (χ4n) is 3.55. The minimum atomic E-state index is -0.547. The van der Waals surface area contributed by atoms with E-state index in [1.54, 1.807) is 42.9 Å². The van der Waals surface area contributed by atoms with E-state index in [9.17, 15) is 9.59 Å². The summed E-state index contributed by atoms with van der Waals surface area (Å²) in [7, 11) is 1.56. The third kappa shape index (κ3) is 4.43. The molecular weight excluding hydrogens is 424 g/mol. The molecule has 4 rings (SSSR count). The molecule has 9 nitrogen and oxygen atoms in total. The van der Waals surface area contributed by atoms with Gasteiger partial charge in [-0.1, -0.05) is 12.1 Å². The quantitative estimate of drug-likeness (QED) is 0.321. The van der Waals surface area contributed by atoms with Gasteiger partial charge in [0.05, 0.1) is 36.9 Å². The van der Waals surface area contributed by atoms with Crippen molar-refractivity contribution in [2.45, 2.75) is 19.9 Å². The van der Waals surface area contributed by atoms with Gasteiger partial charge in [-0.3, -0.25) is 0 Å². The van der Waals surface area contributed by atoms with E-state index < -0.39 is 11.9 Å². The molecule has 0 spiro atoms. The van der Waals surface area contributed by atoms with Gasteiger partial charge in [0, 0.05) is 6.54 Å². The minimum Gasteiger partial charge on any atom is -0.497 e. The van der Waals surface area contributed by atoms with E-state index >= 15 is 0 Å². The summed E-state index contributed by atoms with van der Waals surface area (Å²) in [6, 6.07) is 14.1. The van der Waals surface area contributed by atoms with E-state index in [4.69, 9.17) is 19.9 Å². The molecule has 2 aromatic carbocycles. The molecule has 0 bridgehead atoms. The van der Waals surface area contributed by atoms with Crippen LogP contribution in [0.3, 0.4) is 0 Å². The van der Waals surface area contributed by atoms with E-state index in [2.05, 4.69) is 9.97 Å². The van der Waals surface area contributed by atoms with Crippen LogP contribution < -0.4 is 10.5 Å². The van der Waals surface area contributed by atoms with Crippen molar-refractivity contribution in [2.24, 2.45) is 0 Å². The van der Waals surface area contributed by atoms with Gasteiger partial charge in [-0.05, 0) is 49.7 Å². The lowest BCUT2D eigenvalue weighted by Crippen LogP contribution is -2.12. The smallest absolute Gasteiger partial charge is 0.344 e. The molecule has 0 amide bonds. The summed E-state index contributed by atoms with van der Waals surface area (Å²) in [5, 5.41) is 0. The summed E-state index contributed by atoms with van der Waals surface area (Å²) >= 11 is 0. The number of hydrogen-bond donors (Lipinski definition) is 1. The first-order valence-corrected chi connectivity index (χ1v) is 10.6. The van der Waals surface area contributed by atoms with Crippen LogP contribution in [0.25, 0.3) is 22.2 Å². The Morgan fingerprint density at radius 3 is 2.33 bits per heavy atom. The van der Waals surface area contributed by atoms with Crippen molar-refractivity contribution in [3.63, 3.8) is 0 Å². The molecule has 0 radical (unpaired) electrons. The lowest BCUT2D eigenvalue weighted by molar-refractivity contribution is 0.0495. The zero-order valence-corrected chi connectivity index (χ0v) is 18.4. The van der Waals surface area contributed by atoms with E-state index in [0.29, 0.717) is 46.5 Å². The Morgan fingerprint density at radius 1 is 0.970 bits per heavy atom. The summed E-state index contributed by atoms with van der Waals surface area (Å²) in [6.07, 6.45) is 0.465. The zero-order chi connectivity index (χ0) is 23.4. The number of nitrogens with two attached hydrogens (primary N) is 1. The number of carbonyl (C=O) groups excluding carboxylic acids is 2. The van der Waals surface area contributed by atoms with E-state index in [-0.39, 0.29) is 24.6 Å². The molecular formula is C24H24N4O5. The first-order chi connectivity index (χ1) is 16.0. The van der Waals surface area contributed by atoms with Crippen molar-refractivity contribution in [2.75, 3.05) is 26.1 Å². The molecule has 2 heterocycles. The van der Waals surface area contributed by atoms with Gasteiger partial charge in [0.2, 0.25) is 0 Å². The Bertz CT molecular complexity index is 1310. The molecule has 9 heteroatoms. The van der Waals surface area contributed by atoms with Gasteiger partial charge >= 0.3 is 11.9 Å².